The lowest BCUT2D eigenvalue weighted by molar-refractivity contribution is -0.126. The van der Waals surface area contributed by atoms with E-state index in [1.165, 1.54) is 12.0 Å². The second kappa shape index (κ2) is 6.70. The molecule has 0 aliphatic carbocycles. The highest BCUT2D eigenvalue weighted by atomic mass is 16.5. The zero-order valence-electron chi connectivity index (χ0n) is 11.4. The van der Waals surface area contributed by atoms with Crippen LogP contribution in [0.25, 0.3) is 0 Å². The molecule has 1 heterocycles. The predicted molar refractivity (Wildman–Crippen MR) is 66.2 cm³/mol. The fourth-order valence-corrected chi connectivity index (χ4v) is 1.71. The molecule has 0 aromatic heterocycles. The summed E-state index contributed by atoms with van der Waals surface area (Å²) in [5.41, 5.74) is 0. The molecule has 6 nitrogen and oxygen atoms in total. The molecule has 0 aromatic rings. The largest absolute Gasteiger partial charge is 0.379 e. The molecule has 0 spiro atoms. The Balaban J connectivity index is 2.65. The van der Waals surface area contributed by atoms with Crippen molar-refractivity contribution in [3.8, 4) is 0 Å². The average molecular weight is 258 g/mol. The first-order valence-corrected chi connectivity index (χ1v) is 6.17. The molecule has 18 heavy (non-hydrogen) atoms. The van der Waals surface area contributed by atoms with Gasteiger partial charge in [-0.3, -0.25) is 9.69 Å². The Morgan fingerprint density at radius 1 is 1.33 bits per heavy atom. The van der Waals surface area contributed by atoms with Crippen molar-refractivity contribution in [3.05, 3.63) is 0 Å². The number of carbonyl (C=O) groups is 2. The number of rotatable bonds is 5. The van der Waals surface area contributed by atoms with Gasteiger partial charge in [-0.2, -0.15) is 0 Å². The minimum absolute atomic E-state index is 0.0298. The van der Waals surface area contributed by atoms with E-state index >= 15 is 0 Å². The van der Waals surface area contributed by atoms with Crippen molar-refractivity contribution in [2.45, 2.75) is 32.9 Å². The molecule has 6 heteroatoms. The Kier molecular flexibility index (Phi) is 5.55. The van der Waals surface area contributed by atoms with Gasteiger partial charge in [0.25, 0.3) is 0 Å². The first-order valence-electron chi connectivity index (χ1n) is 6.17. The molecule has 1 saturated heterocycles. The van der Waals surface area contributed by atoms with Crippen molar-refractivity contribution in [2.75, 3.05) is 27.0 Å². The third kappa shape index (κ3) is 3.68. The summed E-state index contributed by atoms with van der Waals surface area (Å²) in [6, 6.07) is -0.904. The third-order valence-corrected chi connectivity index (χ3v) is 3.04. The van der Waals surface area contributed by atoms with E-state index in [9.17, 15) is 9.59 Å². The third-order valence-electron chi connectivity index (χ3n) is 3.04. The summed E-state index contributed by atoms with van der Waals surface area (Å²) in [6.45, 7) is 6.75. The number of Topliss-reactive ketones (excluding diaryl/α,β-unsaturated/α-hetero) is 1. The molecule has 2 amide bonds. The van der Waals surface area contributed by atoms with E-state index in [1.54, 1.807) is 6.92 Å². The number of ether oxygens (including phenoxy) is 2. The summed E-state index contributed by atoms with van der Waals surface area (Å²) in [6.07, 6.45) is -0.354. The van der Waals surface area contributed by atoms with Crippen LogP contribution in [0.5, 0.6) is 0 Å². The van der Waals surface area contributed by atoms with Crippen LogP contribution in [0.1, 0.15) is 20.8 Å². The van der Waals surface area contributed by atoms with Crippen molar-refractivity contribution in [3.63, 3.8) is 0 Å². The van der Waals surface area contributed by atoms with E-state index in [4.69, 9.17) is 9.47 Å². The summed E-state index contributed by atoms with van der Waals surface area (Å²) >= 11 is 0. The van der Waals surface area contributed by atoms with Crippen molar-refractivity contribution < 1.29 is 19.1 Å². The van der Waals surface area contributed by atoms with Gasteiger partial charge < -0.3 is 14.8 Å². The Morgan fingerprint density at radius 3 is 2.44 bits per heavy atom. The molecule has 104 valence electrons. The average Bonchev–Trinajstić information content (AvgIpc) is 2.87. The van der Waals surface area contributed by atoms with Gasteiger partial charge in [-0.05, 0) is 6.92 Å². The fourth-order valence-electron chi connectivity index (χ4n) is 1.71. The van der Waals surface area contributed by atoms with Crippen LogP contribution in [0.15, 0.2) is 0 Å². The van der Waals surface area contributed by atoms with Crippen LogP contribution in [0.4, 0.5) is 4.79 Å². The molecule has 1 aliphatic heterocycles. The Hall–Kier alpha value is -1.14. The number of amides is 2. The molecule has 1 aliphatic rings. The van der Waals surface area contributed by atoms with E-state index in [1.807, 2.05) is 13.8 Å². The van der Waals surface area contributed by atoms with Gasteiger partial charge in [0.1, 0.15) is 12.8 Å². The van der Waals surface area contributed by atoms with Gasteiger partial charge in [0.15, 0.2) is 5.78 Å². The SMILES string of the molecule is CO[C@H](C)[C@H](NC(=O)N1CCOC1)C(=O)C(C)C. The van der Waals surface area contributed by atoms with Gasteiger partial charge in [-0.1, -0.05) is 13.8 Å². The lowest BCUT2D eigenvalue weighted by atomic mass is 9.98. The minimum atomic E-state index is -0.622. The summed E-state index contributed by atoms with van der Waals surface area (Å²) in [5.74, 6) is -0.180. The zero-order valence-corrected chi connectivity index (χ0v) is 11.4. The lowest BCUT2D eigenvalue weighted by Gasteiger charge is -2.26. The topological polar surface area (TPSA) is 67.9 Å². The molecule has 0 bridgehead atoms. The van der Waals surface area contributed by atoms with Crippen LogP contribution >= 0.6 is 0 Å². The van der Waals surface area contributed by atoms with E-state index in [-0.39, 0.29) is 30.6 Å². The van der Waals surface area contributed by atoms with E-state index in [0.717, 1.165) is 0 Å². The van der Waals surface area contributed by atoms with Gasteiger partial charge in [0, 0.05) is 19.6 Å². The van der Waals surface area contributed by atoms with Crippen molar-refractivity contribution in [1.82, 2.24) is 10.2 Å². The van der Waals surface area contributed by atoms with E-state index in [2.05, 4.69) is 5.32 Å². The van der Waals surface area contributed by atoms with Gasteiger partial charge in [0.2, 0.25) is 0 Å². The maximum atomic E-state index is 12.0. The highest BCUT2D eigenvalue weighted by Gasteiger charge is 2.30. The first-order chi connectivity index (χ1) is 8.47. The summed E-state index contributed by atoms with van der Waals surface area (Å²) in [4.78, 5) is 25.5. The van der Waals surface area contributed by atoms with Crippen LogP contribution in [0.3, 0.4) is 0 Å². The minimum Gasteiger partial charge on any atom is -0.379 e. The van der Waals surface area contributed by atoms with Crippen LogP contribution in [-0.2, 0) is 14.3 Å². The molecule has 1 fully saturated rings. The number of urea groups is 1. The monoisotopic (exact) mass is 258 g/mol. The van der Waals surface area contributed by atoms with Gasteiger partial charge >= 0.3 is 6.03 Å². The zero-order chi connectivity index (χ0) is 13.7. The summed E-state index contributed by atoms with van der Waals surface area (Å²) in [5, 5.41) is 2.72. The summed E-state index contributed by atoms with van der Waals surface area (Å²) in [7, 11) is 1.52. The highest BCUT2D eigenvalue weighted by molar-refractivity contribution is 5.90. The normalized spacial score (nSPS) is 18.8. The molecule has 2 atom stereocenters. The van der Waals surface area contributed by atoms with Gasteiger partial charge in [0.05, 0.1) is 12.7 Å². The van der Waals surface area contributed by atoms with Crippen LogP contribution in [0, 0.1) is 5.92 Å². The maximum absolute atomic E-state index is 12.0. The molecule has 1 rings (SSSR count). The van der Waals surface area contributed by atoms with E-state index < -0.39 is 6.04 Å². The smallest absolute Gasteiger partial charge is 0.319 e. The number of nitrogens with one attached hydrogen (secondary N) is 1. The van der Waals surface area contributed by atoms with Crippen LogP contribution in [0.2, 0.25) is 0 Å². The maximum Gasteiger partial charge on any atom is 0.319 e. The Labute approximate surface area is 108 Å². The van der Waals surface area contributed by atoms with E-state index in [0.29, 0.717) is 13.2 Å². The Morgan fingerprint density at radius 2 is 2.00 bits per heavy atom. The molecule has 0 aromatic carbocycles. The molecule has 0 saturated carbocycles. The summed E-state index contributed by atoms with van der Waals surface area (Å²) < 4.78 is 10.3. The van der Waals surface area contributed by atoms with Crippen molar-refractivity contribution >= 4 is 11.8 Å². The van der Waals surface area contributed by atoms with Gasteiger partial charge in [-0.15, -0.1) is 0 Å². The van der Waals surface area contributed by atoms with Gasteiger partial charge in [-0.25, -0.2) is 4.79 Å². The number of methoxy groups -OCH3 is 1. The molecule has 0 unspecified atom stereocenters. The second-order valence-electron chi connectivity index (χ2n) is 4.73. The molecular weight excluding hydrogens is 236 g/mol. The van der Waals surface area contributed by atoms with Crippen molar-refractivity contribution in [2.24, 2.45) is 5.92 Å². The number of carbonyl (C=O) groups excluding carboxylic acids is 2. The quantitative estimate of drug-likeness (QED) is 0.784. The number of ketones is 1. The predicted octanol–water partition coefficient (Wildman–Crippen LogP) is 0.614. The molecular formula is C12H22N2O4. The standard InChI is InChI=1S/C12H22N2O4/c1-8(2)11(15)10(9(3)17-4)13-12(16)14-5-6-18-7-14/h8-10H,5-7H2,1-4H3,(H,13,16)/t9-,10+/m1/s1. The molecule has 0 radical (unpaired) electrons. The fraction of sp³-hybridized carbons (Fsp3) is 0.833. The number of hydrogen-bond acceptors (Lipinski definition) is 4. The molecule has 1 N–H and O–H groups in total. The second-order valence-corrected chi connectivity index (χ2v) is 4.73. The lowest BCUT2D eigenvalue weighted by Crippen LogP contribution is -2.53. The van der Waals surface area contributed by atoms with Crippen molar-refractivity contribution in [1.29, 1.82) is 0 Å². The van der Waals surface area contributed by atoms with Crippen LogP contribution in [-0.4, -0.2) is 55.9 Å². The number of nitrogens with zero attached hydrogens (tertiary/aromatic N) is 1. The Bertz CT molecular complexity index is 300. The first kappa shape index (κ1) is 14.9. The highest BCUT2D eigenvalue weighted by Crippen LogP contribution is 2.08. The van der Waals surface area contributed by atoms with Crippen LogP contribution < -0.4 is 5.32 Å². The number of hydrogen-bond donors (Lipinski definition) is 1.